The SMILES string of the molecule is CC(C)(C)C1=Nn2nc(-c3ccc(NS(=O)(=O)c4cc(C(=O)O)cc(C(=O)O)c4)cc3)nc2C1=Nc1cc(Cl)c(O)c(Cl)c1. The number of hydrogen-bond donors (Lipinski definition) is 4. The van der Waals surface area contributed by atoms with Gasteiger partial charge in [-0.2, -0.15) is 5.10 Å². The lowest BCUT2D eigenvalue weighted by atomic mass is 9.87. The zero-order valence-corrected chi connectivity index (χ0v) is 25.4. The number of carboxylic acid groups (broad SMARTS) is 2. The number of carboxylic acids is 2. The Morgan fingerprint density at radius 1 is 0.932 bits per heavy atom. The van der Waals surface area contributed by atoms with Crippen molar-refractivity contribution in [3.8, 4) is 17.1 Å². The third-order valence-electron chi connectivity index (χ3n) is 6.28. The molecule has 1 aromatic heterocycles. The third kappa shape index (κ3) is 6.00. The molecule has 1 aliphatic heterocycles. The predicted octanol–water partition coefficient (Wildman–Crippen LogP) is 5.54. The monoisotopic (exact) mass is 656 g/mol. The van der Waals surface area contributed by atoms with Crippen LogP contribution in [-0.2, 0) is 10.0 Å². The number of fused-ring (bicyclic) bond motifs is 1. The number of rotatable bonds is 7. The highest BCUT2D eigenvalue weighted by Gasteiger charge is 2.35. The number of hydrogen-bond acceptors (Lipinski definition) is 9. The number of phenols is 1. The van der Waals surface area contributed by atoms with E-state index in [2.05, 4.69) is 24.9 Å². The van der Waals surface area contributed by atoms with E-state index in [0.717, 1.165) is 18.2 Å². The molecule has 0 saturated carbocycles. The van der Waals surface area contributed by atoms with Crippen molar-refractivity contribution in [1.82, 2.24) is 14.9 Å². The molecule has 44 heavy (non-hydrogen) atoms. The molecule has 0 radical (unpaired) electrons. The molecular formula is C28H22Cl2N6O7S. The molecule has 0 atom stereocenters. The first-order chi connectivity index (χ1) is 20.5. The van der Waals surface area contributed by atoms with Crippen LogP contribution in [0, 0.1) is 5.41 Å². The highest BCUT2D eigenvalue weighted by atomic mass is 35.5. The lowest BCUT2D eigenvalue weighted by Crippen LogP contribution is -2.27. The van der Waals surface area contributed by atoms with Crippen LogP contribution in [0.3, 0.4) is 0 Å². The Morgan fingerprint density at radius 2 is 1.50 bits per heavy atom. The standard InChI is InChI=1S/C28H22Cl2N6O7S/c1-28(2,3)23-21(31-17-11-19(29)22(37)20(30)12-17)25-32-24(34-36(25)33-23)13-4-6-16(7-5-13)35-44(42,43)18-9-14(26(38)39)8-15(10-18)27(40)41/h4-12,35,37H,1-3H3,(H,38,39)(H,40,41). The summed E-state index contributed by atoms with van der Waals surface area (Å²) in [5.41, 5.74) is 0.592. The van der Waals surface area contributed by atoms with Gasteiger partial charge in [0.25, 0.3) is 10.0 Å². The van der Waals surface area contributed by atoms with E-state index in [9.17, 15) is 33.3 Å². The Hall–Kier alpha value is -4.79. The molecule has 4 aromatic rings. The molecule has 1 aliphatic rings. The van der Waals surface area contributed by atoms with Gasteiger partial charge in [-0.25, -0.2) is 28.0 Å². The summed E-state index contributed by atoms with van der Waals surface area (Å²) in [5.74, 6) is -2.61. The van der Waals surface area contributed by atoms with E-state index in [-0.39, 0.29) is 27.3 Å². The van der Waals surface area contributed by atoms with Crippen molar-refractivity contribution in [2.75, 3.05) is 4.72 Å². The van der Waals surface area contributed by atoms with Crippen molar-refractivity contribution in [2.45, 2.75) is 25.7 Å². The molecule has 5 rings (SSSR count). The van der Waals surface area contributed by atoms with Crippen molar-refractivity contribution in [3.63, 3.8) is 0 Å². The molecule has 0 saturated heterocycles. The second-order valence-electron chi connectivity index (χ2n) is 10.6. The zero-order valence-electron chi connectivity index (χ0n) is 23.1. The number of aromatic hydroxyl groups is 1. The van der Waals surface area contributed by atoms with Gasteiger partial charge < -0.3 is 15.3 Å². The first-order valence-electron chi connectivity index (χ1n) is 12.6. The highest BCUT2D eigenvalue weighted by molar-refractivity contribution is 7.92. The van der Waals surface area contributed by atoms with Gasteiger partial charge in [-0.15, -0.1) is 9.89 Å². The number of aliphatic imine (C=N–C) groups is 1. The number of phenolic OH excluding ortho intramolecular Hbond substituents is 1. The van der Waals surface area contributed by atoms with E-state index < -0.39 is 43.4 Å². The van der Waals surface area contributed by atoms with Crippen LogP contribution in [-0.4, -0.2) is 62.0 Å². The topological polar surface area (TPSA) is 196 Å². The fraction of sp³-hybridized carbons (Fsp3) is 0.143. The number of sulfonamides is 1. The van der Waals surface area contributed by atoms with Gasteiger partial charge in [0.2, 0.25) is 5.82 Å². The maximum atomic E-state index is 13.0. The van der Waals surface area contributed by atoms with Gasteiger partial charge in [-0.1, -0.05) is 44.0 Å². The van der Waals surface area contributed by atoms with E-state index in [1.807, 2.05) is 20.8 Å². The van der Waals surface area contributed by atoms with Crippen molar-refractivity contribution < 1.29 is 33.3 Å². The van der Waals surface area contributed by atoms with Crippen LogP contribution in [0.4, 0.5) is 11.4 Å². The summed E-state index contributed by atoms with van der Waals surface area (Å²) in [6.07, 6.45) is 0. The summed E-state index contributed by atoms with van der Waals surface area (Å²) < 4.78 is 28.3. The van der Waals surface area contributed by atoms with Gasteiger partial charge >= 0.3 is 11.9 Å². The minimum Gasteiger partial charge on any atom is -0.505 e. The van der Waals surface area contributed by atoms with E-state index in [4.69, 9.17) is 23.2 Å². The Morgan fingerprint density at radius 3 is 2.02 bits per heavy atom. The first-order valence-corrected chi connectivity index (χ1v) is 14.9. The Labute approximate surface area is 260 Å². The van der Waals surface area contributed by atoms with Crippen molar-refractivity contribution in [3.05, 3.63) is 81.6 Å². The smallest absolute Gasteiger partial charge is 0.335 e. The quantitative estimate of drug-likeness (QED) is 0.197. The highest BCUT2D eigenvalue weighted by Crippen LogP contribution is 2.37. The van der Waals surface area contributed by atoms with Crippen LogP contribution in [0.1, 0.15) is 47.3 Å². The van der Waals surface area contributed by atoms with Crippen LogP contribution in [0.2, 0.25) is 10.0 Å². The summed E-state index contributed by atoms with van der Waals surface area (Å²) in [6.45, 7) is 5.85. The average molecular weight is 657 g/mol. The number of benzene rings is 3. The van der Waals surface area contributed by atoms with Crippen molar-refractivity contribution in [2.24, 2.45) is 15.5 Å². The van der Waals surface area contributed by atoms with Crippen LogP contribution < -0.4 is 4.72 Å². The molecule has 0 unspecified atom stereocenters. The molecule has 0 aliphatic carbocycles. The number of halogens is 2. The molecule has 4 N–H and O–H groups in total. The summed E-state index contributed by atoms with van der Waals surface area (Å²) in [4.78, 5) is 32.9. The van der Waals surface area contributed by atoms with Crippen LogP contribution in [0.25, 0.3) is 11.4 Å². The van der Waals surface area contributed by atoms with Crippen molar-refractivity contribution in [1.29, 1.82) is 0 Å². The molecule has 3 aromatic carbocycles. The van der Waals surface area contributed by atoms with Gasteiger partial charge in [-0.05, 0) is 54.6 Å². The van der Waals surface area contributed by atoms with Crippen molar-refractivity contribution >= 4 is 68.0 Å². The number of nitrogens with one attached hydrogen (secondary N) is 1. The molecule has 2 heterocycles. The summed E-state index contributed by atoms with van der Waals surface area (Å²) in [6, 6.07) is 11.5. The second kappa shape index (κ2) is 11.0. The minimum absolute atomic E-state index is 0.0267. The van der Waals surface area contributed by atoms with Gasteiger partial charge in [-0.3, -0.25) is 4.72 Å². The third-order valence-corrected chi connectivity index (χ3v) is 8.22. The van der Waals surface area contributed by atoms with Gasteiger partial charge in [0.15, 0.2) is 11.6 Å². The van der Waals surface area contributed by atoms with Crippen LogP contribution >= 0.6 is 23.2 Å². The molecule has 0 spiro atoms. The first kappa shape index (κ1) is 30.7. The number of aromatic nitrogens is 3. The Kier molecular flexibility index (Phi) is 7.70. The van der Waals surface area contributed by atoms with Gasteiger partial charge in [0.05, 0.1) is 37.5 Å². The largest absolute Gasteiger partial charge is 0.505 e. The number of carbonyl (C=O) groups is 2. The molecule has 226 valence electrons. The summed E-state index contributed by atoms with van der Waals surface area (Å²) >= 11 is 12.2. The normalized spacial score (nSPS) is 13.9. The second-order valence-corrected chi connectivity index (χ2v) is 13.1. The van der Waals surface area contributed by atoms with E-state index >= 15 is 0 Å². The number of anilines is 1. The van der Waals surface area contributed by atoms with Crippen LogP contribution in [0.15, 0.2) is 69.6 Å². The number of nitrogens with zero attached hydrogens (tertiary/aromatic N) is 5. The molecular weight excluding hydrogens is 635 g/mol. The molecule has 0 fully saturated rings. The molecule has 0 bridgehead atoms. The van der Waals surface area contributed by atoms with E-state index in [1.54, 1.807) is 12.1 Å². The van der Waals surface area contributed by atoms with E-state index in [1.165, 1.54) is 29.1 Å². The summed E-state index contributed by atoms with van der Waals surface area (Å²) in [5, 5.41) is 37.6. The number of aromatic carboxylic acids is 2. The van der Waals surface area contributed by atoms with Gasteiger partial charge in [0.1, 0.15) is 5.71 Å². The van der Waals surface area contributed by atoms with Gasteiger partial charge in [0, 0.05) is 16.7 Å². The van der Waals surface area contributed by atoms with E-state index in [0.29, 0.717) is 28.5 Å². The predicted molar refractivity (Wildman–Crippen MR) is 163 cm³/mol. The lowest BCUT2D eigenvalue weighted by molar-refractivity contribution is 0.0696. The molecule has 16 heteroatoms. The Balaban J connectivity index is 1.46. The molecule has 0 amide bonds. The zero-order chi connectivity index (χ0) is 32.1. The fourth-order valence-corrected chi connectivity index (χ4v) is 5.75. The van der Waals surface area contributed by atoms with Crippen LogP contribution in [0.5, 0.6) is 5.75 Å². The lowest BCUT2D eigenvalue weighted by Gasteiger charge is -2.18. The fourth-order valence-electron chi connectivity index (χ4n) is 4.15. The maximum Gasteiger partial charge on any atom is 0.335 e. The summed E-state index contributed by atoms with van der Waals surface area (Å²) in [7, 11) is -4.35. The maximum absolute atomic E-state index is 13.0. The average Bonchev–Trinajstić information content (AvgIpc) is 3.51. The minimum atomic E-state index is -4.35. The molecule has 13 nitrogen and oxygen atoms in total. The Bertz CT molecular complexity index is 1980.